The third-order valence-corrected chi connectivity index (χ3v) is 8.20. The molecule has 0 fully saturated rings. The SMILES string of the molecule is CCC(C(=O)NC)N(Cc1ccc(C)cc1)C(=O)CN(c1ccccc1C)S(=O)(=O)c1ccc(Cl)cc1. The number of halogens is 1. The smallest absolute Gasteiger partial charge is 0.264 e. The van der Waals surface area contributed by atoms with Crippen LogP contribution in [0.2, 0.25) is 5.02 Å². The number of sulfonamides is 1. The predicted octanol–water partition coefficient (Wildman–Crippen LogP) is 4.71. The molecule has 0 radical (unpaired) electrons. The summed E-state index contributed by atoms with van der Waals surface area (Å²) in [7, 11) is -2.61. The number of carbonyl (C=O) groups excluding carboxylic acids is 2. The second-order valence-electron chi connectivity index (χ2n) is 8.80. The summed E-state index contributed by atoms with van der Waals surface area (Å²) in [5.74, 6) is -0.803. The number of amides is 2. The molecule has 0 aliphatic rings. The molecular weight excluding hydrogens is 510 g/mol. The van der Waals surface area contributed by atoms with E-state index in [9.17, 15) is 18.0 Å². The predicted molar refractivity (Wildman–Crippen MR) is 147 cm³/mol. The van der Waals surface area contributed by atoms with Crippen LogP contribution in [0.5, 0.6) is 0 Å². The average Bonchev–Trinajstić information content (AvgIpc) is 2.88. The molecule has 3 aromatic carbocycles. The monoisotopic (exact) mass is 541 g/mol. The van der Waals surface area contributed by atoms with Gasteiger partial charge >= 0.3 is 0 Å². The van der Waals surface area contributed by atoms with Crippen LogP contribution in [-0.4, -0.2) is 44.8 Å². The summed E-state index contributed by atoms with van der Waals surface area (Å²) in [5.41, 5.74) is 2.98. The molecule has 0 aliphatic heterocycles. The van der Waals surface area contributed by atoms with E-state index in [1.165, 1.54) is 36.2 Å². The van der Waals surface area contributed by atoms with Gasteiger partial charge < -0.3 is 10.2 Å². The number of hydrogen-bond donors (Lipinski definition) is 1. The Bertz CT molecular complexity index is 1340. The molecule has 3 rings (SSSR count). The maximum Gasteiger partial charge on any atom is 0.264 e. The summed E-state index contributed by atoms with van der Waals surface area (Å²) in [5, 5.41) is 3.03. The largest absolute Gasteiger partial charge is 0.357 e. The van der Waals surface area contributed by atoms with Crippen molar-refractivity contribution in [3.63, 3.8) is 0 Å². The highest BCUT2D eigenvalue weighted by atomic mass is 35.5. The first-order chi connectivity index (χ1) is 17.6. The van der Waals surface area contributed by atoms with Gasteiger partial charge in [-0.05, 0) is 61.7 Å². The summed E-state index contributed by atoms with van der Waals surface area (Å²) in [4.78, 5) is 28.1. The fraction of sp³-hybridized carbons (Fsp3) is 0.286. The van der Waals surface area contributed by atoms with Crippen LogP contribution in [0.15, 0.2) is 77.7 Å². The Morgan fingerprint density at radius 2 is 1.57 bits per heavy atom. The van der Waals surface area contributed by atoms with Crippen molar-refractivity contribution in [2.75, 3.05) is 17.9 Å². The molecule has 196 valence electrons. The quantitative estimate of drug-likeness (QED) is 0.403. The molecule has 1 unspecified atom stereocenters. The van der Waals surface area contributed by atoms with Gasteiger partial charge in [-0.2, -0.15) is 0 Å². The molecule has 0 heterocycles. The van der Waals surface area contributed by atoms with E-state index >= 15 is 0 Å². The van der Waals surface area contributed by atoms with Crippen molar-refractivity contribution in [3.8, 4) is 0 Å². The lowest BCUT2D eigenvalue weighted by Gasteiger charge is -2.33. The molecule has 0 bridgehead atoms. The van der Waals surface area contributed by atoms with Crippen molar-refractivity contribution in [2.24, 2.45) is 0 Å². The van der Waals surface area contributed by atoms with Crippen LogP contribution in [0.1, 0.15) is 30.0 Å². The highest BCUT2D eigenvalue weighted by Crippen LogP contribution is 2.28. The second kappa shape index (κ2) is 12.3. The lowest BCUT2D eigenvalue weighted by atomic mass is 10.1. The third-order valence-electron chi connectivity index (χ3n) is 6.17. The van der Waals surface area contributed by atoms with E-state index in [1.54, 1.807) is 31.2 Å². The maximum atomic E-state index is 13.9. The first-order valence-corrected chi connectivity index (χ1v) is 13.8. The van der Waals surface area contributed by atoms with Gasteiger partial charge in [0, 0.05) is 18.6 Å². The first kappa shape index (κ1) is 28.2. The van der Waals surface area contributed by atoms with Gasteiger partial charge in [-0.25, -0.2) is 8.42 Å². The van der Waals surface area contributed by atoms with Crippen molar-refractivity contribution < 1.29 is 18.0 Å². The first-order valence-electron chi connectivity index (χ1n) is 12.0. The minimum absolute atomic E-state index is 0.0105. The Balaban J connectivity index is 2.06. The highest BCUT2D eigenvalue weighted by molar-refractivity contribution is 7.92. The Kier molecular flexibility index (Phi) is 9.34. The van der Waals surface area contributed by atoms with Crippen LogP contribution in [0.3, 0.4) is 0 Å². The van der Waals surface area contributed by atoms with E-state index in [1.807, 2.05) is 38.1 Å². The molecule has 37 heavy (non-hydrogen) atoms. The molecule has 1 N–H and O–H groups in total. The summed E-state index contributed by atoms with van der Waals surface area (Å²) in [6.07, 6.45) is 0.367. The number of nitrogens with zero attached hydrogens (tertiary/aromatic N) is 2. The highest BCUT2D eigenvalue weighted by Gasteiger charge is 2.33. The summed E-state index contributed by atoms with van der Waals surface area (Å²) in [6, 6.07) is 19.7. The molecule has 2 amide bonds. The Morgan fingerprint density at radius 3 is 2.14 bits per heavy atom. The summed E-state index contributed by atoms with van der Waals surface area (Å²) in [6.45, 7) is 5.25. The molecule has 0 aliphatic carbocycles. The van der Waals surface area contributed by atoms with E-state index in [2.05, 4.69) is 5.32 Å². The van der Waals surface area contributed by atoms with Gasteiger partial charge in [0.2, 0.25) is 11.8 Å². The Labute approximate surface area is 224 Å². The molecule has 0 aromatic heterocycles. The minimum atomic E-state index is -4.13. The Hall–Kier alpha value is -3.36. The van der Waals surface area contributed by atoms with E-state index in [0.717, 1.165) is 15.4 Å². The van der Waals surface area contributed by atoms with E-state index in [-0.39, 0.29) is 17.3 Å². The lowest BCUT2D eigenvalue weighted by molar-refractivity contribution is -0.140. The van der Waals surface area contributed by atoms with Crippen LogP contribution in [-0.2, 0) is 26.2 Å². The average molecular weight is 542 g/mol. The van der Waals surface area contributed by atoms with Crippen LogP contribution >= 0.6 is 11.6 Å². The maximum absolute atomic E-state index is 13.9. The number of benzene rings is 3. The fourth-order valence-corrected chi connectivity index (χ4v) is 5.67. The van der Waals surface area contributed by atoms with Crippen molar-refractivity contribution in [1.29, 1.82) is 0 Å². The topological polar surface area (TPSA) is 86.8 Å². The molecule has 3 aromatic rings. The molecule has 9 heteroatoms. The number of carbonyl (C=O) groups is 2. The van der Waals surface area contributed by atoms with Crippen LogP contribution in [0.4, 0.5) is 5.69 Å². The molecule has 0 spiro atoms. The van der Waals surface area contributed by atoms with Crippen molar-refractivity contribution in [1.82, 2.24) is 10.2 Å². The van der Waals surface area contributed by atoms with Gasteiger partial charge in [0.25, 0.3) is 10.0 Å². The lowest BCUT2D eigenvalue weighted by Crippen LogP contribution is -2.51. The molecule has 0 saturated carbocycles. The van der Waals surface area contributed by atoms with E-state index in [0.29, 0.717) is 22.7 Å². The van der Waals surface area contributed by atoms with Crippen LogP contribution < -0.4 is 9.62 Å². The van der Waals surface area contributed by atoms with Gasteiger partial charge in [-0.15, -0.1) is 0 Å². The normalized spacial score (nSPS) is 12.0. The third kappa shape index (κ3) is 6.70. The zero-order valence-electron chi connectivity index (χ0n) is 21.4. The number of hydrogen-bond acceptors (Lipinski definition) is 4. The van der Waals surface area contributed by atoms with Gasteiger partial charge in [0.1, 0.15) is 12.6 Å². The van der Waals surface area contributed by atoms with Crippen LogP contribution in [0.25, 0.3) is 0 Å². The van der Waals surface area contributed by atoms with Crippen molar-refractivity contribution in [3.05, 3.63) is 94.5 Å². The van der Waals surface area contributed by atoms with Gasteiger partial charge in [-0.3, -0.25) is 13.9 Å². The number of aryl methyl sites for hydroxylation is 2. The van der Waals surface area contributed by atoms with Crippen molar-refractivity contribution in [2.45, 2.75) is 44.7 Å². The minimum Gasteiger partial charge on any atom is -0.357 e. The number of anilines is 1. The van der Waals surface area contributed by atoms with Gasteiger partial charge in [0.15, 0.2) is 0 Å². The van der Waals surface area contributed by atoms with E-state index < -0.39 is 28.5 Å². The molecule has 0 saturated heterocycles. The summed E-state index contributed by atoms with van der Waals surface area (Å²) < 4.78 is 28.7. The number of rotatable bonds is 10. The van der Waals surface area contributed by atoms with Crippen LogP contribution in [0, 0.1) is 13.8 Å². The Morgan fingerprint density at radius 1 is 0.946 bits per heavy atom. The van der Waals surface area contributed by atoms with Gasteiger partial charge in [0.05, 0.1) is 10.6 Å². The fourth-order valence-electron chi connectivity index (χ4n) is 4.07. The second-order valence-corrected chi connectivity index (χ2v) is 11.1. The zero-order valence-corrected chi connectivity index (χ0v) is 23.0. The molecular formula is C28H32ClN3O4S. The molecule has 7 nitrogen and oxygen atoms in total. The number of likely N-dealkylation sites (N-methyl/N-ethyl adjacent to an activating group) is 1. The molecule has 1 atom stereocenters. The van der Waals surface area contributed by atoms with Gasteiger partial charge in [-0.1, -0.05) is 66.6 Å². The van der Waals surface area contributed by atoms with E-state index in [4.69, 9.17) is 11.6 Å². The summed E-state index contributed by atoms with van der Waals surface area (Å²) >= 11 is 5.98. The number of para-hydroxylation sites is 1. The van der Waals surface area contributed by atoms with Crippen molar-refractivity contribution >= 4 is 39.1 Å². The standard InChI is InChI=1S/C28H32ClN3O4S/c1-5-25(28(34)30-4)31(18-22-12-10-20(2)11-13-22)27(33)19-32(26-9-7-6-8-21(26)3)37(35,36)24-16-14-23(29)15-17-24/h6-17,25H,5,18-19H2,1-4H3,(H,30,34). The zero-order chi connectivity index (χ0) is 27.2. The number of nitrogens with one attached hydrogen (secondary N) is 1.